The Morgan fingerprint density at radius 3 is 2.80 bits per heavy atom. The molecule has 10 heavy (non-hydrogen) atoms. The summed E-state index contributed by atoms with van der Waals surface area (Å²) < 4.78 is 0. The van der Waals surface area contributed by atoms with Crippen molar-refractivity contribution in [1.82, 2.24) is 0 Å². The minimum atomic E-state index is 1.10. The van der Waals surface area contributed by atoms with Gasteiger partial charge in [0, 0.05) is 4.90 Å². The van der Waals surface area contributed by atoms with Crippen LogP contribution in [-0.4, -0.2) is 0 Å². The van der Waals surface area contributed by atoms with E-state index >= 15 is 0 Å². The zero-order valence-electron chi connectivity index (χ0n) is 5.80. The molecule has 0 heterocycles. The Hall–Kier alpha value is -0.430. The first-order valence-corrected chi connectivity index (χ1v) is 4.12. The molecule has 52 valence electrons. The van der Waals surface area contributed by atoms with Crippen LogP contribution in [-0.2, 0) is 12.8 Å². The summed E-state index contributed by atoms with van der Waals surface area (Å²) >= 11 is 4.28. The zero-order chi connectivity index (χ0) is 6.97. The highest BCUT2D eigenvalue weighted by molar-refractivity contribution is 7.80. The number of hydrogen-bond donors (Lipinski definition) is 1. The summed E-state index contributed by atoms with van der Waals surface area (Å²) in [6, 6.07) is 6.46. The lowest BCUT2D eigenvalue weighted by Crippen LogP contribution is -1.79. The highest BCUT2D eigenvalue weighted by atomic mass is 32.1. The van der Waals surface area contributed by atoms with E-state index in [0.717, 1.165) is 4.90 Å². The van der Waals surface area contributed by atoms with E-state index in [1.54, 1.807) is 0 Å². The number of thiol groups is 1. The lowest BCUT2D eigenvalue weighted by molar-refractivity contribution is 0.911. The van der Waals surface area contributed by atoms with Gasteiger partial charge in [-0.15, -0.1) is 12.6 Å². The predicted octanol–water partition coefficient (Wildman–Crippen LogP) is 2.46. The summed E-state index contributed by atoms with van der Waals surface area (Å²) in [7, 11) is 0. The number of hydrogen-bond acceptors (Lipinski definition) is 1. The van der Waals surface area contributed by atoms with Crippen LogP contribution in [0.2, 0.25) is 0 Å². The maximum atomic E-state index is 4.28. The van der Waals surface area contributed by atoms with Crippen molar-refractivity contribution < 1.29 is 0 Å². The standard InChI is InChI=1S/C9H10S/c10-9-5-4-7-2-1-3-8(7)6-9/h4-6,10H,1-3H2. The largest absolute Gasteiger partial charge is 0.143 e. The highest BCUT2D eigenvalue weighted by Crippen LogP contribution is 2.23. The van der Waals surface area contributed by atoms with Crippen LogP contribution in [0.1, 0.15) is 17.5 Å². The van der Waals surface area contributed by atoms with Gasteiger partial charge in [-0.1, -0.05) is 6.07 Å². The Morgan fingerprint density at radius 1 is 1.10 bits per heavy atom. The molecule has 1 aliphatic carbocycles. The van der Waals surface area contributed by atoms with Crippen LogP contribution < -0.4 is 0 Å². The smallest absolute Gasteiger partial charge is 0.00429 e. The molecular weight excluding hydrogens is 140 g/mol. The molecule has 1 heteroatoms. The third kappa shape index (κ3) is 0.948. The highest BCUT2D eigenvalue weighted by Gasteiger charge is 2.08. The number of fused-ring (bicyclic) bond motifs is 1. The first-order chi connectivity index (χ1) is 4.86. The molecule has 0 unspecified atom stereocenters. The Kier molecular flexibility index (Phi) is 1.46. The summed E-state index contributed by atoms with van der Waals surface area (Å²) in [5, 5.41) is 0. The Labute approximate surface area is 66.7 Å². The molecule has 0 amide bonds. The summed E-state index contributed by atoms with van der Waals surface area (Å²) in [4.78, 5) is 1.10. The van der Waals surface area contributed by atoms with Crippen LogP contribution in [0.4, 0.5) is 0 Å². The third-order valence-corrected chi connectivity index (χ3v) is 2.36. The van der Waals surface area contributed by atoms with Crippen molar-refractivity contribution in [2.24, 2.45) is 0 Å². The van der Waals surface area contributed by atoms with Crippen LogP contribution in [0.3, 0.4) is 0 Å². The topological polar surface area (TPSA) is 0 Å². The average molecular weight is 150 g/mol. The van der Waals surface area contributed by atoms with Gasteiger partial charge < -0.3 is 0 Å². The number of rotatable bonds is 0. The molecule has 0 spiro atoms. The van der Waals surface area contributed by atoms with Gasteiger partial charge in [0.05, 0.1) is 0 Å². The minimum absolute atomic E-state index is 1.10. The lowest BCUT2D eigenvalue weighted by Gasteiger charge is -1.97. The van der Waals surface area contributed by atoms with Crippen molar-refractivity contribution in [1.29, 1.82) is 0 Å². The van der Waals surface area contributed by atoms with E-state index in [4.69, 9.17) is 0 Å². The quantitative estimate of drug-likeness (QED) is 0.540. The molecule has 0 atom stereocenters. The molecule has 0 saturated carbocycles. The van der Waals surface area contributed by atoms with E-state index < -0.39 is 0 Å². The summed E-state index contributed by atoms with van der Waals surface area (Å²) in [6.07, 6.45) is 3.85. The normalized spacial score (nSPS) is 15.3. The van der Waals surface area contributed by atoms with Crippen molar-refractivity contribution in [3.8, 4) is 0 Å². The maximum absolute atomic E-state index is 4.28. The molecule has 0 N–H and O–H groups in total. The molecule has 1 aliphatic rings. The first-order valence-electron chi connectivity index (χ1n) is 3.67. The lowest BCUT2D eigenvalue weighted by atomic mass is 10.1. The fraction of sp³-hybridized carbons (Fsp3) is 0.333. The molecule has 0 bridgehead atoms. The molecule has 0 nitrogen and oxygen atoms in total. The second-order valence-corrected chi connectivity index (χ2v) is 3.32. The van der Waals surface area contributed by atoms with Crippen LogP contribution in [0.5, 0.6) is 0 Å². The van der Waals surface area contributed by atoms with Gasteiger partial charge in [0.25, 0.3) is 0 Å². The van der Waals surface area contributed by atoms with Crippen molar-refractivity contribution in [3.63, 3.8) is 0 Å². The van der Waals surface area contributed by atoms with Gasteiger partial charge in [0.15, 0.2) is 0 Å². The Balaban J connectivity index is 2.52. The summed E-state index contributed by atoms with van der Waals surface area (Å²) in [5.41, 5.74) is 3.03. The molecule has 2 rings (SSSR count). The van der Waals surface area contributed by atoms with E-state index in [1.807, 2.05) is 0 Å². The van der Waals surface area contributed by atoms with Gasteiger partial charge in [-0.2, -0.15) is 0 Å². The maximum Gasteiger partial charge on any atom is 0.00429 e. The molecular formula is C9H10S. The predicted molar refractivity (Wildman–Crippen MR) is 45.7 cm³/mol. The van der Waals surface area contributed by atoms with Crippen LogP contribution >= 0.6 is 12.6 Å². The van der Waals surface area contributed by atoms with E-state index in [2.05, 4.69) is 30.8 Å². The summed E-state index contributed by atoms with van der Waals surface area (Å²) in [5.74, 6) is 0. The first kappa shape index (κ1) is 6.29. The molecule has 1 aromatic rings. The minimum Gasteiger partial charge on any atom is -0.143 e. The molecule has 0 aliphatic heterocycles. The number of benzene rings is 1. The van der Waals surface area contributed by atoms with E-state index in [0.29, 0.717) is 0 Å². The second-order valence-electron chi connectivity index (χ2n) is 2.81. The number of aryl methyl sites for hydroxylation is 2. The SMILES string of the molecule is Sc1ccc2c(c1)CCC2. The molecule has 0 aromatic heterocycles. The van der Waals surface area contributed by atoms with Gasteiger partial charge in [-0.25, -0.2) is 0 Å². The van der Waals surface area contributed by atoms with E-state index in [9.17, 15) is 0 Å². The monoisotopic (exact) mass is 150 g/mol. The van der Waals surface area contributed by atoms with Gasteiger partial charge >= 0.3 is 0 Å². The van der Waals surface area contributed by atoms with Crippen molar-refractivity contribution >= 4 is 12.6 Å². The zero-order valence-corrected chi connectivity index (χ0v) is 6.70. The Bertz CT molecular complexity index is 253. The van der Waals surface area contributed by atoms with Gasteiger partial charge in [0.2, 0.25) is 0 Å². The van der Waals surface area contributed by atoms with Gasteiger partial charge in [-0.3, -0.25) is 0 Å². The van der Waals surface area contributed by atoms with Crippen LogP contribution in [0, 0.1) is 0 Å². The van der Waals surface area contributed by atoms with Crippen molar-refractivity contribution in [2.75, 3.05) is 0 Å². The van der Waals surface area contributed by atoms with Crippen LogP contribution in [0.15, 0.2) is 23.1 Å². The van der Waals surface area contributed by atoms with Crippen LogP contribution in [0.25, 0.3) is 0 Å². The molecule has 0 radical (unpaired) electrons. The fourth-order valence-corrected chi connectivity index (χ4v) is 1.79. The molecule has 0 fully saturated rings. The fourth-order valence-electron chi connectivity index (χ4n) is 1.56. The van der Waals surface area contributed by atoms with E-state index in [-0.39, 0.29) is 0 Å². The van der Waals surface area contributed by atoms with Gasteiger partial charge in [-0.05, 0) is 42.5 Å². The average Bonchev–Trinajstić information content (AvgIpc) is 2.33. The summed E-state index contributed by atoms with van der Waals surface area (Å²) in [6.45, 7) is 0. The third-order valence-electron chi connectivity index (χ3n) is 2.08. The molecule has 1 aromatic carbocycles. The second kappa shape index (κ2) is 2.31. The van der Waals surface area contributed by atoms with E-state index in [1.165, 1.54) is 30.4 Å². The Morgan fingerprint density at radius 2 is 1.90 bits per heavy atom. The molecule has 0 saturated heterocycles. The van der Waals surface area contributed by atoms with Crippen molar-refractivity contribution in [2.45, 2.75) is 24.2 Å². The van der Waals surface area contributed by atoms with Crippen molar-refractivity contribution in [3.05, 3.63) is 29.3 Å². The van der Waals surface area contributed by atoms with Gasteiger partial charge in [0.1, 0.15) is 0 Å².